The van der Waals surface area contributed by atoms with E-state index < -0.39 is 0 Å². The first-order valence-corrected chi connectivity index (χ1v) is 18.1. The summed E-state index contributed by atoms with van der Waals surface area (Å²) in [7, 11) is 0. The molecule has 7 aromatic rings. The van der Waals surface area contributed by atoms with Crippen molar-refractivity contribution in [1.29, 1.82) is 0 Å². The lowest BCUT2D eigenvalue weighted by Gasteiger charge is -2.34. The Hall–Kier alpha value is -6.26. The van der Waals surface area contributed by atoms with Gasteiger partial charge < -0.3 is 0 Å². The Balaban J connectivity index is 1.06. The topological polar surface area (TPSA) is 51.6 Å². The molecule has 0 amide bonds. The van der Waals surface area contributed by atoms with E-state index in [1.165, 1.54) is 27.8 Å². The molecule has 0 aliphatic heterocycles. The molecule has 1 fully saturated rings. The molecule has 3 aromatic heterocycles. The van der Waals surface area contributed by atoms with Gasteiger partial charge in [0.1, 0.15) is 0 Å². The van der Waals surface area contributed by atoms with E-state index in [1.807, 2.05) is 42.7 Å². The van der Waals surface area contributed by atoms with E-state index in [1.54, 1.807) is 12.4 Å². The van der Waals surface area contributed by atoms with Gasteiger partial charge in [0.05, 0.1) is 11.4 Å². The molecular weight excluding hydrogens is 633 g/mol. The molecule has 4 nitrogen and oxygen atoms in total. The largest absolute Gasteiger partial charge is 0.256 e. The number of pyridine rings is 2. The molecule has 3 heterocycles. The molecule has 4 aromatic carbocycles. The zero-order chi connectivity index (χ0) is 35.0. The molecule has 0 spiro atoms. The maximum atomic E-state index is 4.52. The van der Waals surface area contributed by atoms with E-state index >= 15 is 0 Å². The first kappa shape index (κ1) is 32.9. The zero-order valence-corrected chi connectivity index (χ0v) is 29.0. The van der Waals surface area contributed by atoms with E-state index in [0.29, 0.717) is 17.8 Å². The zero-order valence-electron chi connectivity index (χ0n) is 29.0. The molecule has 0 saturated heterocycles. The maximum absolute atomic E-state index is 4.52. The van der Waals surface area contributed by atoms with Gasteiger partial charge in [0, 0.05) is 41.5 Å². The third-order valence-corrected chi connectivity index (χ3v) is 10.1. The average molecular weight is 673 g/mol. The average Bonchev–Trinajstić information content (AvgIpc) is 3.23. The van der Waals surface area contributed by atoms with Crippen molar-refractivity contribution in [2.24, 2.45) is 11.8 Å². The highest BCUT2D eigenvalue weighted by Gasteiger charge is 2.29. The van der Waals surface area contributed by atoms with Gasteiger partial charge in [-0.1, -0.05) is 133 Å². The molecule has 3 unspecified atom stereocenters. The van der Waals surface area contributed by atoms with Crippen molar-refractivity contribution in [3.05, 3.63) is 193 Å². The van der Waals surface area contributed by atoms with Crippen LogP contribution in [0.4, 0.5) is 0 Å². The summed E-state index contributed by atoms with van der Waals surface area (Å²) in [5.74, 6) is 2.06. The highest BCUT2D eigenvalue weighted by Crippen LogP contribution is 2.44. The van der Waals surface area contributed by atoms with Crippen LogP contribution in [0.2, 0.25) is 0 Å². The van der Waals surface area contributed by atoms with Crippen molar-refractivity contribution in [3.63, 3.8) is 0 Å². The van der Waals surface area contributed by atoms with Crippen molar-refractivity contribution < 1.29 is 0 Å². The van der Waals surface area contributed by atoms with Crippen molar-refractivity contribution in [2.75, 3.05) is 0 Å². The molecule has 0 radical (unpaired) electrons. The van der Waals surface area contributed by atoms with Crippen LogP contribution in [-0.2, 0) is 0 Å². The minimum Gasteiger partial charge on any atom is -0.256 e. The van der Waals surface area contributed by atoms with Crippen LogP contribution in [0, 0.1) is 11.8 Å². The van der Waals surface area contributed by atoms with Gasteiger partial charge in [-0.05, 0) is 95.2 Å². The number of hydrogen-bond donors (Lipinski definition) is 0. The number of benzene rings is 4. The Morgan fingerprint density at radius 3 is 1.42 bits per heavy atom. The first-order valence-electron chi connectivity index (χ1n) is 18.1. The normalized spacial score (nSPS) is 17.4. The molecule has 52 heavy (non-hydrogen) atoms. The number of hydrogen-bond acceptors (Lipinski definition) is 4. The van der Waals surface area contributed by atoms with Crippen LogP contribution in [0.25, 0.3) is 57.2 Å². The standard InChI is InChI=1S/C48H40N4/c1-2-9-45(44(8-1)39-24-26-42(27-25-39)48-51-30-7-31-52-48)43-33-37(14-12-35-16-20-40(21-17-35)46-10-3-5-28-49-46)32-38(34-43)15-13-36-18-22-41(23-19-36)47-11-4-6-29-50-47/h1-31,37-38,43H,32-34H2/b14-12-,15-13?. The predicted octanol–water partition coefficient (Wildman–Crippen LogP) is 11.9. The van der Waals surface area contributed by atoms with Crippen molar-refractivity contribution >= 4 is 12.2 Å². The van der Waals surface area contributed by atoms with Crippen LogP contribution in [0.15, 0.2) is 176 Å². The molecular formula is C48H40N4. The Morgan fingerprint density at radius 1 is 0.404 bits per heavy atom. The number of allylic oxidation sites excluding steroid dienone is 2. The summed E-state index contributed by atoms with van der Waals surface area (Å²) in [5.41, 5.74) is 11.7. The molecule has 252 valence electrons. The minimum absolute atomic E-state index is 0.421. The van der Waals surface area contributed by atoms with Gasteiger partial charge in [0.25, 0.3) is 0 Å². The molecule has 4 heteroatoms. The highest BCUT2D eigenvalue weighted by atomic mass is 14.8. The van der Waals surface area contributed by atoms with Gasteiger partial charge >= 0.3 is 0 Å². The fraction of sp³-hybridized carbons (Fsp3) is 0.125. The van der Waals surface area contributed by atoms with E-state index in [4.69, 9.17) is 0 Å². The van der Waals surface area contributed by atoms with E-state index in [2.05, 4.69) is 153 Å². The smallest absolute Gasteiger partial charge is 0.159 e. The lowest BCUT2D eigenvalue weighted by molar-refractivity contribution is 0.315. The van der Waals surface area contributed by atoms with Gasteiger partial charge in [0.2, 0.25) is 0 Å². The monoisotopic (exact) mass is 672 g/mol. The number of aromatic nitrogens is 4. The Morgan fingerprint density at radius 2 is 0.885 bits per heavy atom. The van der Waals surface area contributed by atoms with Crippen LogP contribution in [0.5, 0.6) is 0 Å². The van der Waals surface area contributed by atoms with Crippen LogP contribution < -0.4 is 0 Å². The van der Waals surface area contributed by atoms with Gasteiger partial charge in [-0.3, -0.25) is 9.97 Å². The molecule has 0 bridgehead atoms. The van der Waals surface area contributed by atoms with Gasteiger partial charge in [0.15, 0.2) is 5.82 Å². The second-order valence-corrected chi connectivity index (χ2v) is 13.6. The van der Waals surface area contributed by atoms with Crippen LogP contribution in [-0.4, -0.2) is 19.9 Å². The van der Waals surface area contributed by atoms with Crippen LogP contribution in [0.1, 0.15) is 41.9 Å². The van der Waals surface area contributed by atoms with Gasteiger partial charge in [-0.25, -0.2) is 9.97 Å². The fourth-order valence-corrected chi connectivity index (χ4v) is 7.43. The Bertz CT molecular complexity index is 2140. The molecule has 0 N–H and O–H groups in total. The summed E-state index contributed by atoms with van der Waals surface area (Å²) in [6.07, 6.45) is 20.1. The fourth-order valence-electron chi connectivity index (χ4n) is 7.43. The van der Waals surface area contributed by atoms with Crippen LogP contribution in [0.3, 0.4) is 0 Å². The number of rotatable bonds is 9. The predicted molar refractivity (Wildman–Crippen MR) is 214 cm³/mol. The minimum atomic E-state index is 0.421. The van der Waals surface area contributed by atoms with E-state index in [-0.39, 0.29) is 0 Å². The van der Waals surface area contributed by atoms with Crippen LogP contribution >= 0.6 is 0 Å². The maximum Gasteiger partial charge on any atom is 0.159 e. The lowest BCUT2D eigenvalue weighted by atomic mass is 9.71. The SMILES string of the molecule is C(=CC1CC(/C=C\c2ccc(-c3ccccn3)cc2)CC(c2ccccc2-c2ccc(-c3ncccn3)cc2)C1)c1ccc(-c2ccccn2)cc1. The van der Waals surface area contributed by atoms with Crippen molar-refractivity contribution in [3.8, 4) is 45.0 Å². The second-order valence-electron chi connectivity index (χ2n) is 13.6. The third-order valence-electron chi connectivity index (χ3n) is 10.1. The highest BCUT2D eigenvalue weighted by molar-refractivity contribution is 5.71. The summed E-state index contributed by atoms with van der Waals surface area (Å²) in [6, 6.07) is 49.1. The number of nitrogens with zero attached hydrogens (tertiary/aromatic N) is 4. The van der Waals surface area contributed by atoms with E-state index in [0.717, 1.165) is 53.2 Å². The summed E-state index contributed by atoms with van der Waals surface area (Å²) >= 11 is 0. The van der Waals surface area contributed by atoms with Crippen molar-refractivity contribution in [2.45, 2.75) is 25.2 Å². The second kappa shape index (κ2) is 15.7. The Labute approximate surface area is 306 Å². The summed E-state index contributed by atoms with van der Waals surface area (Å²) in [6.45, 7) is 0. The van der Waals surface area contributed by atoms with Gasteiger partial charge in [-0.2, -0.15) is 0 Å². The van der Waals surface area contributed by atoms with Crippen molar-refractivity contribution in [1.82, 2.24) is 19.9 Å². The molecule has 8 rings (SSSR count). The molecule has 1 aliphatic carbocycles. The Kier molecular flexibility index (Phi) is 9.96. The summed E-state index contributed by atoms with van der Waals surface area (Å²) in [4.78, 5) is 17.9. The quantitative estimate of drug-likeness (QED) is 0.153. The third kappa shape index (κ3) is 7.87. The molecule has 3 atom stereocenters. The first-order chi connectivity index (χ1) is 25.7. The lowest BCUT2D eigenvalue weighted by Crippen LogP contribution is -2.20. The molecule has 1 saturated carbocycles. The summed E-state index contributed by atoms with van der Waals surface area (Å²) < 4.78 is 0. The molecule has 1 aliphatic rings. The summed E-state index contributed by atoms with van der Waals surface area (Å²) in [5, 5.41) is 0. The van der Waals surface area contributed by atoms with E-state index in [9.17, 15) is 0 Å². The van der Waals surface area contributed by atoms with Gasteiger partial charge in [-0.15, -0.1) is 0 Å².